The molecule has 8 heteroatoms. The number of nitrogens with zero attached hydrogens (tertiary/aromatic N) is 5. The van der Waals surface area contributed by atoms with Crippen molar-refractivity contribution in [2.45, 2.75) is 6.92 Å². The van der Waals surface area contributed by atoms with Gasteiger partial charge in [0.25, 0.3) is 0 Å². The fraction of sp³-hybridized carbons (Fsp3) is 0.750. The Kier molecular flexibility index (Phi) is 5.75. The highest BCUT2D eigenvalue weighted by Crippen LogP contribution is 2.14. The highest BCUT2D eigenvalue weighted by molar-refractivity contribution is 6.28. The minimum Gasteiger partial charge on any atom is -0.378 e. The number of rotatable bonds is 6. The Hall–Kier alpha value is -1.18. The number of halogens is 1. The van der Waals surface area contributed by atoms with Gasteiger partial charge in [-0.05, 0) is 25.2 Å². The number of anilines is 2. The topological polar surface area (TPSA) is 66.4 Å². The van der Waals surface area contributed by atoms with Crippen molar-refractivity contribution < 1.29 is 4.74 Å². The maximum atomic E-state index is 5.97. The second-order valence-electron chi connectivity index (χ2n) is 4.65. The van der Waals surface area contributed by atoms with E-state index in [2.05, 4.69) is 44.0 Å². The van der Waals surface area contributed by atoms with Crippen LogP contribution in [0.5, 0.6) is 0 Å². The molecule has 1 aliphatic heterocycles. The third-order valence-corrected chi connectivity index (χ3v) is 3.38. The van der Waals surface area contributed by atoms with E-state index in [1.807, 2.05) is 0 Å². The largest absolute Gasteiger partial charge is 0.378 e. The molecule has 0 spiro atoms. The van der Waals surface area contributed by atoms with E-state index < -0.39 is 0 Å². The number of aromatic nitrogens is 3. The van der Waals surface area contributed by atoms with Crippen LogP contribution in [0.3, 0.4) is 0 Å². The van der Waals surface area contributed by atoms with Crippen LogP contribution in [-0.2, 0) is 4.74 Å². The lowest BCUT2D eigenvalue weighted by atomic mass is 10.4. The van der Waals surface area contributed by atoms with Crippen LogP contribution in [-0.4, -0.2) is 72.8 Å². The molecule has 0 aromatic carbocycles. The molecule has 1 aromatic rings. The molecule has 1 aliphatic rings. The summed E-state index contributed by atoms with van der Waals surface area (Å²) in [6.07, 6.45) is 0. The Balaban J connectivity index is 1.97. The summed E-state index contributed by atoms with van der Waals surface area (Å²) in [7, 11) is 2.07. The van der Waals surface area contributed by atoms with E-state index in [1.54, 1.807) is 0 Å². The quantitative estimate of drug-likeness (QED) is 0.830. The Bertz CT molecular complexity index is 426. The van der Waals surface area contributed by atoms with E-state index in [4.69, 9.17) is 16.3 Å². The number of nitrogens with one attached hydrogen (secondary N) is 1. The third kappa shape index (κ3) is 4.43. The van der Waals surface area contributed by atoms with Crippen LogP contribution >= 0.6 is 11.6 Å². The van der Waals surface area contributed by atoms with Crippen LogP contribution in [0.4, 0.5) is 11.9 Å². The Morgan fingerprint density at radius 1 is 1.30 bits per heavy atom. The minimum absolute atomic E-state index is 0.216. The normalized spacial score (nSPS) is 15.7. The predicted octanol–water partition coefficient (Wildman–Crippen LogP) is 0.725. The fourth-order valence-corrected chi connectivity index (χ4v) is 2.00. The van der Waals surface area contributed by atoms with Gasteiger partial charge in [0.05, 0.1) is 13.2 Å². The van der Waals surface area contributed by atoms with E-state index in [1.165, 1.54) is 0 Å². The van der Waals surface area contributed by atoms with Crippen molar-refractivity contribution in [1.29, 1.82) is 0 Å². The van der Waals surface area contributed by atoms with E-state index >= 15 is 0 Å². The van der Waals surface area contributed by atoms with Gasteiger partial charge in [-0.3, -0.25) is 0 Å². The van der Waals surface area contributed by atoms with Crippen LogP contribution in [0.2, 0.25) is 5.28 Å². The zero-order valence-electron chi connectivity index (χ0n) is 12.0. The first-order chi connectivity index (χ1) is 9.69. The van der Waals surface area contributed by atoms with Gasteiger partial charge in [-0.2, -0.15) is 15.0 Å². The van der Waals surface area contributed by atoms with Crippen molar-refractivity contribution >= 4 is 23.5 Å². The van der Waals surface area contributed by atoms with E-state index in [9.17, 15) is 0 Å². The average Bonchev–Trinajstić information content (AvgIpc) is 2.47. The molecule has 1 saturated heterocycles. The average molecular weight is 301 g/mol. The first-order valence-corrected chi connectivity index (χ1v) is 7.23. The maximum Gasteiger partial charge on any atom is 0.231 e. The Morgan fingerprint density at radius 3 is 2.75 bits per heavy atom. The number of likely N-dealkylation sites (N-methyl/N-ethyl adjacent to an activating group) is 1. The van der Waals surface area contributed by atoms with Crippen molar-refractivity contribution in [3.05, 3.63) is 5.28 Å². The Labute approximate surface area is 124 Å². The lowest BCUT2D eigenvalue weighted by Crippen LogP contribution is -2.37. The third-order valence-electron chi connectivity index (χ3n) is 3.21. The molecule has 1 fully saturated rings. The van der Waals surface area contributed by atoms with Gasteiger partial charge in [0.15, 0.2) is 0 Å². The van der Waals surface area contributed by atoms with Gasteiger partial charge in [0.2, 0.25) is 17.2 Å². The number of morpholine rings is 1. The summed E-state index contributed by atoms with van der Waals surface area (Å²) in [5.41, 5.74) is 0. The molecule has 0 unspecified atom stereocenters. The molecule has 0 aliphatic carbocycles. The lowest BCUT2D eigenvalue weighted by molar-refractivity contribution is 0.122. The molecule has 0 bridgehead atoms. The molecule has 0 radical (unpaired) electrons. The summed E-state index contributed by atoms with van der Waals surface area (Å²) in [6.45, 7) is 7.76. The molecule has 2 rings (SSSR count). The fourth-order valence-electron chi connectivity index (χ4n) is 1.84. The van der Waals surface area contributed by atoms with Gasteiger partial charge >= 0.3 is 0 Å². The molecule has 1 aromatic heterocycles. The van der Waals surface area contributed by atoms with Gasteiger partial charge < -0.3 is 19.9 Å². The first kappa shape index (κ1) is 15.2. The van der Waals surface area contributed by atoms with E-state index in [-0.39, 0.29) is 5.28 Å². The molecule has 112 valence electrons. The molecule has 1 N–H and O–H groups in total. The van der Waals surface area contributed by atoms with Crippen LogP contribution in [0.1, 0.15) is 6.92 Å². The van der Waals surface area contributed by atoms with Crippen LogP contribution < -0.4 is 10.2 Å². The summed E-state index contributed by atoms with van der Waals surface area (Å²) < 4.78 is 5.32. The van der Waals surface area contributed by atoms with E-state index in [0.717, 1.165) is 32.7 Å². The molecular formula is C12H21ClN6O. The summed E-state index contributed by atoms with van der Waals surface area (Å²) >= 11 is 5.97. The summed E-state index contributed by atoms with van der Waals surface area (Å²) in [5.74, 6) is 1.13. The summed E-state index contributed by atoms with van der Waals surface area (Å²) in [4.78, 5) is 17.0. The highest BCUT2D eigenvalue weighted by Gasteiger charge is 2.15. The van der Waals surface area contributed by atoms with Gasteiger partial charge in [-0.1, -0.05) is 6.92 Å². The van der Waals surface area contributed by atoms with E-state index in [0.29, 0.717) is 25.1 Å². The monoisotopic (exact) mass is 300 g/mol. The predicted molar refractivity (Wildman–Crippen MR) is 79.5 cm³/mol. The molecule has 0 atom stereocenters. The lowest BCUT2D eigenvalue weighted by Gasteiger charge is -2.26. The maximum absolute atomic E-state index is 5.97. The van der Waals surface area contributed by atoms with Crippen LogP contribution in [0.15, 0.2) is 0 Å². The van der Waals surface area contributed by atoms with Gasteiger partial charge in [-0.15, -0.1) is 0 Å². The van der Waals surface area contributed by atoms with Crippen molar-refractivity contribution in [1.82, 2.24) is 19.9 Å². The zero-order valence-corrected chi connectivity index (χ0v) is 12.7. The highest BCUT2D eigenvalue weighted by atomic mass is 35.5. The standard InChI is InChI=1S/C12H21ClN6O/c1-3-18(2)5-4-14-11-15-10(13)16-12(17-11)19-6-8-20-9-7-19/h3-9H2,1-2H3,(H,14,15,16,17). The SMILES string of the molecule is CCN(C)CCNc1nc(Cl)nc(N2CCOCC2)n1. The number of hydrogen-bond donors (Lipinski definition) is 1. The van der Waals surface area contributed by atoms with Crippen molar-refractivity contribution in [3.63, 3.8) is 0 Å². The number of hydrogen-bond acceptors (Lipinski definition) is 7. The summed E-state index contributed by atoms with van der Waals surface area (Å²) in [5, 5.41) is 3.40. The molecule has 0 amide bonds. The van der Waals surface area contributed by atoms with Gasteiger partial charge in [0, 0.05) is 26.2 Å². The van der Waals surface area contributed by atoms with Gasteiger partial charge in [0.1, 0.15) is 0 Å². The zero-order chi connectivity index (χ0) is 14.4. The summed E-state index contributed by atoms with van der Waals surface area (Å²) in [6, 6.07) is 0. The molecular weight excluding hydrogens is 280 g/mol. The molecule has 20 heavy (non-hydrogen) atoms. The second-order valence-corrected chi connectivity index (χ2v) is 4.99. The second kappa shape index (κ2) is 7.56. The smallest absolute Gasteiger partial charge is 0.231 e. The minimum atomic E-state index is 0.216. The van der Waals surface area contributed by atoms with Crippen molar-refractivity contribution in [3.8, 4) is 0 Å². The molecule has 0 saturated carbocycles. The van der Waals surface area contributed by atoms with Crippen molar-refractivity contribution in [2.75, 3.05) is 63.2 Å². The Morgan fingerprint density at radius 2 is 2.05 bits per heavy atom. The van der Waals surface area contributed by atoms with Crippen LogP contribution in [0.25, 0.3) is 0 Å². The van der Waals surface area contributed by atoms with Gasteiger partial charge in [-0.25, -0.2) is 0 Å². The number of ether oxygens (including phenoxy) is 1. The molecule has 7 nitrogen and oxygen atoms in total. The first-order valence-electron chi connectivity index (χ1n) is 6.85. The van der Waals surface area contributed by atoms with Crippen LogP contribution in [0, 0.1) is 0 Å². The van der Waals surface area contributed by atoms with Crippen molar-refractivity contribution in [2.24, 2.45) is 0 Å². The molecule has 2 heterocycles.